The van der Waals surface area contributed by atoms with Crippen molar-refractivity contribution in [1.29, 1.82) is 0 Å². The van der Waals surface area contributed by atoms with Gasteiger partial charge in [0, 0.05) is 17.8 Å². The number of methoxy groups -OCH3 is 2. The van der Waals surface area contributed by atoms with E-state index >= 15 is 0 Å². The Morgan fingerprint density at radius 1 is 1.05 bits per heavy atom. The largest absolute Gasteiger partial charge is 0.493 e. The van der Waals surface area contributed by atoms with Crippen molar-refractivity contribution < 1.29 is 18.7 Å². The molecule has 4 nitrogen and oxygen atoms in total. The lowest BCUT2D eigenvalue weighted by Gasteiger charge is -2.09. The van der Waals surface area contributed by atoms with Crippen molar-refractivity contribution in [3.05, 3.63) is 59.9 Å². The van der Waals surface area contributed by atoms with Gasteiger partial charge in [0.2, 0.25) is 5.91 Å². The zero-order valence-corrected chi connectivity index (χ0v) is 12.3. The first-order valence-corrected chi connectivity index (χ1v) is 6.59. The molecule has 0 bridgehead atoms. The fourth-order valence-corrected chi connectivity index (χ4v) is 1.84. The van der Waals surface area contributed by atoms with Gasteiger partial charge in [-0.15, -0.1) is 0 Å². The van der Waals surface area contributed by atoms with Crippen molar-refractivity contribution in [3.8, 4) is 11.5 Å². The first-order valence-electron chi connectivity index (χ1n) is 6.59. The van der Waals surface area contributed by atoms with Crippen molar-refractivity contribution in [2.45, 2.75) is 0 Å². The van der Waals surface area contributed by atoms with Crippen LogP contribution in [0.1, 0.15) is 5.56 Å². The minimum absolute atomic E-state index is 0.295. The van der Waals surface area contributed by atoms with Crippen molar-refractivity contribution in [1.82, 2.24) is 0 Å². The smallest absolute Gasteiger partial charge is 0.248 e. The van der Waals surface area contributed by atoms with Crippen molar-refractivity contribution in [2.24, 2.45) is 0 Å². The summed E-state index contributed by atoms with van der Waals surface area (Å²) in [5, 5.41) is 2.71. The predicted octanol–water partition coefficient (Wildman–Crippen LogP) is 3.49. The van der Waals surface area contributed by atoms with Crippen LogP contribution in [-0.2, 0) is 4.79 Å². The highest BCUT2D eigenvalue weighted by atomic mass is 19.1. The molecule has 0 unspecified atom stereocenters. The number of halogens is 1. The molecule has 0 aliphatic carbocycles. The number of carbonyl (C=O) groups excluding carboxylic acids is 1. The highest BCUT2D eigenvalue weighted by molar-refractivity contribution is 6.02. The van der Waals surface area contributed by atoms with Crippen LogP contribution in [0, 0.1) is 5.82 Å². The highest BCUT2D eigenvalue weighted by Crippen LogP contribution is 2.29. The maximum atomic E-state index is 12.8. The third kappa shape index (κ3) is 4.09. The van der Waals surface area contributed by atoms with E-state index in [1.54, 1.807) is 43.5 Å². The van der Waals surface area contributed by atoms with Crippen LogP contribution in [0.3, 0.4) is 0 Å². The third-order valence-electron chi connectivity index (χ3n) is 2.95. The molecule has 0 saturated heterocycles. The van der Waals surface area contributed by atoms with E-state index in [0.717, 1.165) is 5.56 Å². The summed E-state index contributed by atoms with van der Waals surface area (Å²) in [4.78, 5) is 11.9. The monoisotopic (exact) mass is 301 g/mol. The Morgan fingerprint density at radius 3 is 2.36 bits per heavy atom. The number of hydrogen-bond acceptors (Lipinski definition) is 3. The second kappa shape index (κ2) is 7.26. The Balaban J connectivity index is 2.04. The molecular weight excluding hydrogens is 285 g/mol. The van der Waals surface area contributed by atoms with Crippen LogP contribution in [0.25, 0.3) is 6.08 Å². The fraction of sp³-hybridized carbons (Fsp3) is 0.118. The van der Waals surface area contributed by atoms with E-state index in [4.69, 9.17) is 9.47 Å². The summed E-state index contributed by atoms with van der Waals surface area (Å²) >= 11 is 0. The van der Waals surface area contributed by atoms with Gasteiger partial charge in [-0.05, 0) is 35.9 Å². The molecule has 1 amide bonds. The van der Waals surface area contributed by atoms with Gasteiger partial charge < -0.3 is 14.8 Å². The maximum absolute atomic E-state index is 12.8. The van der Waals surface area contributed by atoms with Gasteiger partial charge in [0.05, 0.1) is 14.2 Å². The molecular formula is C17H16FNO3. The molecule has 0 fully saturated rings. The summed E-state index contributed by atoms with van der Waals surface area (Å²) in [5.74, 6) is 0.508. The van der Waals surface area contributed by atoms with E-state index in [1.165, 1.54) is 25.3 Å². The Hall–Kier alpha value is -2.82. The molecule has 0 aliphatic rings. The van der Waals surface area contributed by atoms with Crippen molar-refractivity contribution in [2.75, 3.05) is 19.5 Å². The molecule has 22 heavy (non-hydrogen) atoms. The van der Waals surface area contributed by atoms with Gasteiger partial charge in [-0.25, -0.2) is 4.39 Å². The SMILES string of the molecule is COc1ccc(NC(=O)C=Cc2ccc(F)cc2)cc1OC. The van der Waals surface area contributed by atoms with E-state index in [9.17, 15) is 9.18 Å². The first-order chi connectivity index (χ1) is 10.6. The van der Waals surface area contributed by atoms with Crippen molar-refractivity contribution >= 4 is 17.7 Å². The Morgan fingerprint density at radius 2 is 1.73 bits per heavy atom. The van der Waals surface area contributed by atoms with Gasteiger partial charge in [-0.1, -0.05) is 12.1 Å². The lowest BCUT2D eigenvalue weighted by atomic mass is 10.2. The van der Waals surface area contributed by atoms with Gasteiger partial charge in [0.25, 0.3) is 0 Å². The molecule has 114 valence electrons. The molecule has 0 atom stereocenters. The van der Waals surface area contributed by atoms with Gasteiger partial charge in [-0.2, -0.15) is 0 Å². The Labute approximate surface area is 128 Å². The van der Waals surface area contributed by atoms with Crippen molar-refractivity contribution in [3.63, 3.8) is 0 Å². The summed E-state index contributed by atoms with van der Waals surface area (Å²) in [7, 11) is 3.07. The van der Waals surface area contributed by atoms with Gasteiger partial charge >= 0.3 is 0 Å². The summed E-state index contributed by atoms with van der Waals surface area (Å²) < 4.78 is 23.1. The minimum Gasteiger partial charge on any atom is -0.493 e. The molecule has 0 aliphatic heterocycles. The fourth-order valence-electron chi connectivity index (χ4n) is 1.84. The Bertz CT molecular complexity index is 681. The summed E-state index contributed by atoms with van der Waals surface area (Å²) in [6, 6.07) is 11.0. The molecule has 0 radical (unpaired) electrons. The number of amides is 1. The minimum atomic E-state index is -0.313. The molecule has 2 aromatic carbocycles. The molecule has 2 rings (SSSR count). The van der Waals surface area contributed by atoms with E-state index in [2.05, 4.69) is 5.32 Å². The van der Waals surface area contributed by atoms with E-state index in [1.807, 2.05) is 0 Å². The normalized spacial score (nSPS) is 10.5. The number of rotatable bonds is 5. The lowest BCUT2D eigenvalue weighted by molar-refractivity contribution is -0.111. The lowest BCUT2D eigenvalue weighted by Crippen LogP contribution is -2.07. The quantitative estimate of drug-likeness (QED) is 0.860. The third-order valence-corrected chi connectivity index (χ3v) is 2.95. The average Bonchev–Trinajstić information content (AvgIpc) is 2.54. The number of carbonyl (C=O) groups is 1. The molecule has 0 spiro atoms. The first kappa shape index (κ1) is 15.6. The molecule has 2 aromatic rings. The number of nitrogens with one attached hydrogen (secondary N) is 1. The summed E-state index contributed by atoms with van der Waals surface area (Å²) in [5.41, 5.74) is 1.33. The molecule has 5 heteroatoms. The topological polar surface area (TPSA) is 47.6 Å². The molecule has 1 N–H and O–H groups in total. The average molecular weight is 301 g/mol. The van der Waals surface area contributed by atoms with Crippen LogP contribution in [-0.4, -0.2) is 20.1 Å². The molecule has 0 saturated carbocycles. The number of benzene rings is 2. The van der Waals surface area contributed by atoms with E-state index in [-0.39, 0.29) is 11.7 Å². The van der Waals surface area contributed by atoms with E-state index < -0.39 is 0 Å². The van der Waals surface area contributed by atoms with Crippen LogP contribution in [0.2, 0.25) is 0 Å². The summed E-state index contributed by atoms with van der Waals surface area (Å²) in [6.45, 7) is 0. The predicted molar refractivity (Wildman–Crippen MR) is 83.6 cm³/mol. The van der Waals surface area contributed by atoms with E-state index in [0.29, 0.717) is 17.2 Å². The summed E-state index contributed by atoms with van der Waals surface area (Å²) in [6.07, 6.45) is 2.99. The van der Waals surface area contributed by atoms with Gasteiger partial charge in [0.1, 0.15) is 5.82 Å². The number of hydrogen-bond donors (Lipinski definition) is 1. The molecule has 0 aromatic heterocycles. The van der Waals surface area contributed by atoms with Crippen LogP contribution >= 0.6 is 0 Å². The van der Waals surface area contributed by atoms with Gasteiger partial charge in [-0.3, -0.25) is 4.79 Å². The number of ether oxygens (including phenoxy) is 2. The standard InChI is InChI=1S/C17H16FNO3/c1-21-15-9-8-14(11-16(15)22-2)19-17(20)10-5-12-3-6-13(18)7-4-12/h3-11H,1-2H3,(H,19,20). The van der Waals surface area contributed by atoms with Crippen LogP contribution in [0.5, 0.6) is 11.5 Å². The zero-order chi connectivity index (χ0) is 15.9. The van der Waals surface area contributed by atoms with Crippen LogP contribution in [0.15, 0.2) is 48.5 Å². The number of anilines is 1. The second-order valence-electron chi connectivity index (χ2n) is 4.44. The Kier molecular flexibility index (Phi) is 5.14. The second-order valence-corrected chi connectivity index (χ2v) is 4.44. The van der Waals surface area contributed by atoms with Gasteiger partial charge in [0.15, 0.2) is 11.5 Å². The van der Waals surface area contributed by atoms with Crippen LogP contribution in [0.4, 0.5) is 10.1 Å². The molecule has 0 heterocycles. The zero-order valence-electron chi connectivity index (χ0n) is 12.3. The van der Waals surface area contributed by atoms with Crippen LogP contribution < -0.4 is 14.8 Å². The maximum Gasteiger partial charge on any atom is 0.248 e. The highest BCUT2D eigenvalue weighted by Gasteiger charge is 2.05.